The summed E-state index contributed by atoms with van der Waals surface area (Å²) in [4.78, 5) is 21.3. The van der Waals surface area contributed by atoms with Crippen LogP contribution in [-0.4, -0.2) is 26.0 Å². The van der Waals surface area contributed by atoms with E-state index in [0.29, 0.717) is 28.8 Å². The minimum Gasteiger partial charge on any atom is -0.481 e. The van der Waals surface area contributed by atoms with Crippen molar-refractivity contribution in [2.24, 2.45) is 0 Å². The zero-order valence-corrected chi connectivity index (χ0v) is 21.2. The van der Waals surface area contributed by atoms with Gasteiger partial charge in [-0.15, -0.1) is 0 Å². The highest BCUT2D eigenvalue weighted by atomic mass is 19.1. The molecule has 9 heteroatoms. The lowest BCUT2D eigenvalue weighted by atomic mass is 9.80. The second-order valence-corrected chi connectivity index (χ2v) is 9.47. The van der Waals surface area contributed by atoms with Gasteiger partial charge >= 0.3 is 5.97 Å². The number of nitrogens with one attached hydrogen (secondary N) is 2. The van der Waals surface area contributed by atoms with Crippen molar-refractivity contribution in [2.75, 3.05) is 0 Å². The first-order chi connectivity index (χ1) is 18.7. The Hall–Kier alpha value is -4.97. The number of carbonyl (C=O) groups is 1. The average molecular weight is 527 g/mol. The molecule has 1 atom stereocenters. The second-order valence-electron chi connectivity index (χ2n) is 9.47. The van der Waals surface area contributed by atoms with Gasteiger partial charge in [-0.3, -0.25) is 4.79 Å². The highest BCUT2D eigenvalue weighted by Gasteiger charge is 2.32. The number of carboxylic acid groups (broad SMARTS) is 1. The second kappa shape index (κ2) is 10.1. The molecule has 0 radical (unpaired) electrons. The normalized spacial score (nSPS) is 12.7. The number of aliphatic carboxylic acids is 1. The van der Waals surface area contributed by atoms with Crippen molar-refractivity contribution in [1.29, 1.82) is 5.26 Å². The number of nitrogens with zero attached hydrogens (tertiary/aromatic N) is 2. The Morgan fingerprint density at radius 2 is 1.97 bits per heavy atom. The van der Waals surface area contributed by atoms with E-state index in [1.54, 1.807) is 38.2 Å². The summed E-state index contributed by atoms with van der Waals surface area (Å²) >= 11 is 0. The van der Waals surface area contributed by atoms with Gasteiger partial charge in [0.1, 0.15) is 22.8 Å². The lowest BCUT2D eigenvalue weighted by molar-refractivity contribution is -0.136. The molecule has 0 fully saturated rings. The summed E-state index contributed by atoms with van der Waals surface area (Å²) in [7, 11) is 0. The lowest BCUT2D eigenvalue weighted by Gasteiger charge is -2.21. The SMILES string of the molecule is Cc1c(Oc2ccc(F)c(-c3ncc(C(C)(C#N)c4cccc(CCC(=O)O)c4)[nH]3)c2)c(F)cc2[nH]ccc12. The summed E-state index contributed by atoms with van der Waals surface area (Å²) in [5.74, 6) is -1.59. The molecule has 3 N–H and O–H groups in total. The van der Waals surface area contributed by atoms with Crippen LogP contribution in [0.4, 0.5) is 8.78 Å². The van der Waals surface area contributed by atoms with Crippen LogP contribution in [0.2, 0.25) is 0 Å². The molecule has 0 saturated heterocycles. The van der Waals surface area contributed by atoms with Crippen molar-refractivity contribution in [3.63, 3.8) is 0 Å². The molecule has 0 aliphatic carbocycles. The molecular formula is C30H24F2N4O3. The van der Waals surface area contributed by atoms with E-state index in [2.05, 4.69) is 21.0 Å². The number of halogens is 2. The van der Waals surface area contributed by atoms with E-state index in [9.17, 15) is 18.8 Å². The van der Waals surface area contributed by atoms with Crippen LogP contribution in [0.25, 0.3) is 22.3 Å². The van der Waals surface area contributed by atoms with Gasteiger partial charge in [0.15, 0.2) is 11.6 Å². The maximum Gasteiger partial charge on any atom is 0.303 e. The fourth-order valence-corrected chi connectivity index (χ4v) is 4.60. The topological polar surface area (TPSA) is 115 Å². The van der Waals surface area contributed by atoms with Crippen LogP contribution >= 0.6 is 0 Å². The molecule has 0 aliphatic heterocycles. The number of hydrogen-bond acceptors (Lipinski definition) is 4. The predicted molar refractivity (Wildman–Crippen MR) is 142 cm³/mol. The maximum atomic E-state index is 14.9. The number of rotatable bonds is 8. The van der Waals surface area contributed by atoms with Gasteiger partial charge in [0.05, 0.1) is 23.5 Å². The lowest BCUT2D eigenvalue weighted by Crippen LogP contribution is -2.22. The van der Waals surface area contributed by atoms with Crippen LogP contribution < -0.4 is 4.74 Å². The summed E-state index contributed by atoms with van der Waals surface area (Å²) in [5.41, 5.74) is 2.04. The Balaban J connectivity index is 1.47. The van der Waals surface area contributed by atoms with Gasteiger partial charge < -0.3 is 19.8 Å². The number of benzene rings is 3. The van der Waals surface area contributed by atoms with E-state index in [-0.39, 0.29) is 29.3 Å². The van der Waals surface area contributed by atoms with Gasteiger partial charge in [0, 0.05) is 35.2 Å². The molecule has 0 saturated carbocycles. The van der Waals surface area contributed by atoms with E-state index in [4.69, 9.17) is 9.84 Å². The largest absolute Gasteiger partial charge is 0.481 e. The highest BCUT2D eigenvalue weighted by molar-refractivity contribution is 5.85. The molecule has 2 heterocycles. The zero-order valence-electron chi connectivity index (χ0n) is 21.2. The molecule has 0 amide bonds. The summed E-state index contributed by atoms with van der Waals surface area (Å²) < 4.78 is 35.6. The molecule has 5 aromatic rings. The van der Waals surface area contributed by atoms with Crippen LogP contribution in [0.1, 0.15) is 35.7 Å². The Morgan fingerprint density at radius 1 is 1.15 bits per heavy atom. The minimum absolute atomic E-state index is 0.0267. The van der Waals surface area contributed by atoms with Gasteiger partial charge in [-0.2, -0.15) is 5.26 Å². The molecule has 0 aliphatic rings. The molecular weight excluding hydrogens is 502 g/mol. The van der Waals surface area contributed by atoms with Crippen molar-refractivity contribution in [3.8, 4) is 29.0 Å². The van der Waals surface area contributed by atoms with Crippen molar-refractivity contribution in [3.05, 3.63) is 101 Å². The van der Waals surface area contributed by atoms with E-state index in [1.165, 1.54) is 30.5 Å². The molecule has 5 rings (SSSR count). The third-order valence-corrected chi connectivity index (χ3v) is 6.89. The van der Waals surface area contributed by atoms with Crippen LogP contribution in [-0.2, 0) is 16.6 Å². The average Bonchev–Trinajstić information content (AvgIpc) is 3.61. The number of aryl methyl sites for hydroxylation is 2. The van der Waals surface area contributed by atoms with Gasteiger partial charge in [-0.1, -0.05) is 24.3 Å². The monoisotopic (exact) mass is 526 g/mol. The number of imidazole rings is 1. The molecule has 39 heavy (non-hydrogen) atoms. The molecule has 0 bridgehead atoms. The van der Waals surface area contributed by atoms with E-state index < -0.39 is 23.0 Å². The van der Waals surface area contributed by atoms with Crippen molar-refractivity contribution in [2.45, 2.75) is 32.1 Å². The van der Waals surface area contributed by atoms with E-state index in [1.807, 2.05) is 12.1 Å². The third-order valence-electron chi connectivity index (χ3n) is 6.89. The number of aromatic nitrogens is 3. The smallest absolute Gasteiger partial charge is 0.303 e. The molecule has 7 nitrogen and oxygen atoms in total. The first-order valence-electron chi connectivity index (χ1n) is 12.2. The third kappa shape index (κ3) is 4.84. The Kier molecular flexibility index (Phi) is 6.62. The van der Waals surface area contributed by atoms with E-state index >= 15 is 0 Å². The molecule has 3 aromatic carbocycles. The highest BCUT2D eigenvalue weighted by Crippen LogP contribution is 2.36. The van der Waals surface area contributed by atoms with E-state index in [0.717, 1.165) is 10.9 Å². The molecule has 2 aromatic heterocycles. The Labute approximate surface area is 222 Å². The van der Waals surface area contributed by atoms with Crippen LogP contribution in [0.3, 0.4) is 0 Å². The van der Waals surface area contributed by atoms with Crippen molar-refractivity contribution in [1.82, 2.24) is 15.0 Å². The fraction of sp³-hybridized carbons (Fsp3) is 0.167. The standard InChI is InChI=1S/C30H24F2N4O3/c1-17-21-10-11-34-25(21)14-24(32)28(17)39-20-7-8-23(31)22(13-20)29-35-15-26(36-29)30(2,16-33)19-5-3-4-18(12-19)6-9-27(37)38/h3-5,7-8,10-15,34H,6,9H2,1-2H3,(H,35,36)(H,37,38). The van der Waals surface area contributed by atoms with Crippen molar-refractivity contribution >= 4 is 16.9 Å². The summed E-state index contributed by atoms with van der Waals surface area (Å²) in [6.45, 7) is 3.45. The van der Waals surface area contributed by atoms with Gasteiger partial charge in [0.25, 0.3) is 0 Å². The molecule has 1 unspecified atom stereocenters. The van der Waals surface area contributed by atoms with Gasteiger partial charge in [-0.25, -0.2) is 13.8 Å². The number of H-pyrrole nitrogens is 2. The summed E-state index contributed by atoms with van der Waals surface area (Å²) in [6.07, 6.45) is 3.49. The van der Waals surface area contributed by atoms with Crippen LogP contribution in [0.15, 0.2) is 67.0 Å². The first-order valence-corrected chi connectivity index (χ1v) is 12.2. The number of ether oxygens (including phenoxy) is 1. The van der Waals surface area contributed by atoms with Gasteiger partial charge in [0.2, 0.25) is 0 Å². The van der Waals surface area contributed by atoms with Crippen molar-refractivity contribution < 1.29 is 23.4 Å². The zero-order chi connectivity index (χ0) is 27.7. The quantitative estimate of drug-likeness (QED) is 0.206. The van der Waals surface area contributed by atoms with Crippen LogP contribution in [0, 0.1) is 29.9 Å². The summed E-state index contributed by atoms with van der Waals surface area (Å²) in [6, 6.07) is 16.7. The minimum atomic E-state index is -1.17. The number of aromatic amines is 2. The molecule has 196 valence electrons. The summed E-state index contributed by atoms with van der Waals surface area (Å²) in [5, 5.41) is 19.9. The number of fused-ring (bicyclic) bond motifs is 1. The number of hydrogen-bond donors (Lipinski definition) is 3. The predicted octanol–water partition coefficient (Wildman–Crippen LogP) is 6.78. The van der Waals surface area contributed by atoms with Crippen LogP contribution in [0.5, 0.6) is 11.5 Å². The fourth-order valence-electron chi connectivity index (χ4n) is 4.60. The number of nitriles is 1. The first kappa shape index (κ1) is 25.7. The number of carboxylic acids is 1. The Morgan fingerprint density at radius 3 is 2.74 bits per heavy atom. The molecule has 0 spiro atoms. The Bertz CT molecular complexity index is 1750. The van der Waals surface area contributed by atoms with Gasteiger partial charge in [-0.05, 0) is 55.7 Å². The maximum absolute atomic E-state index is 14.9.